The first-order chi connectivity index (χ1) is 7.99. The van der Waals surface area contributed by atoms with Gasteiger partial charge in [0.05, 0.1) is 11.3 Å². The fraction of sp³-hybridized carbons (Fsp3) is 0.417. The van der Waals surface area contributed by atoms with E-state index in [4.69, 9.17) is 5.11 Å². The van der Waals surface area contributed by atoms with E-state index in [1.807, 2.05) is 6.92 Å². The first-order valence-corrected chi connectivity index (χ1v) is 5.41. The maximum Gasteiger partial charge on any atom is 0.338 e. The Kier molecular flexibility index (Phi) is 4.43. The number of hydrogen-bond donors (Lipinski definition) is 1. The van der Waals surface area contributed by atoms with E-state index in [0.29, 0.717) is 6.54 Å². The quantitative estimate of drug-likeness (QED) is 0.864. The number of aromatic carboxylic acids is 1. The van der Waals surface area contributed by atoms with Crippen molar-refractivity contribution in [2.45, 2.75) is 19.8 Å². The third-order valence-electron chi connectivity index (χ3n) is 2.55. The number of nitrogens with zero attached hydrogens (tertiary/aromatic N) is 1. The minimum Gasteiger partial charge on any atom is -0.478 e. The molecule has 0 amide bonds. The van der Waals surface area contributed by atoms with Crippen molar-refractivity contribution in [1.29, 1.82) is 0 Å². The number of anilines is 1. The summed E-state index contributed by atoms with van der Waals surface area (Å²) >= 11 is 0. The highest BCUT2D eigenvalue weighted by molar-refractivity contribution is 5.88. The van der Waals surface area contributed by atoms with Gasteiger partial charge in [0.2, 0.25) is 0 Å². The Bertz CT molecular complexity index is 421. The van der Waals surface area contributed by atoms with Gasteiger partial charge in [0.15, 0.2) is 11.6 Å². The van der Waals surface area contributed by atoms with Crippen LogP contribution < -0.4 is 4.90 Å². The molecule has 0 fully saturated rings. The lowest BCUT2D eigenvalue weighted by Crippen LogP contribution is -2.20. The summed E-state index contributed by atoms with van der Waals surface area (Å²) in [6.45, 7) is 2.59. The van der Waals surface area contributed by atoms with Crippen molar-refractivity contribution in [3.8, 4) is 0 Å². The second kappa shape index (κ2) is 5.61. The van der Waals surface area contributed by atoms with Gasteiger partial charge in [-0.2, -0.15) is 0 Å². The van der Waals surface area contributed by atoms with Crippen molar-refractivity contribution in [2.75, 3.05) is 18.5 Å². The van der Waals surface area contributed by atoms with Crippen LogP contribution in [0.2, 0.25) is 0 Å². The molecule has 1 aromatic carbocycles. The predicted molar refractivity (Wildman–Crippen MR) is 61.5 cm³/mol. The highest BCUT2D eigenvalue weighted by Crippen LogP contribution is 2.23. The van der Waals surface area contributed by atoms with Crippen LogP contribution in [0.25, 0.3) is 0 Å². The number of hydrogen-bond acceptors (Lipinski definition) is 2. The molecule has 0 spiro atoms. The van der Waals surface area contributed by atoms with E-state index in [2.05, 4.69) is 0 Å². The van der Waals surface area contributed by atoms with E-state index in [0.717, 1.165) is 18.9 Å². The Hall–Kier alpha value is -1.65. The zero-order chi connectivity index (χ0) is 13.0. The molecule has 0 heterocycles. The number of benzene rings is 1. The molecule has 0 atom stereocenters. The Balaban J connectivity index is 3.03. The van der Waals surface area contributed by atoms with Gasteiger partial charge in [-0.1, -0.05) is 13.3 Å². The number of carbonyl (C=O) groups is 1. The Morgan fingerprint density at radius 2 is 2.00 bits per heavy atom. The standard InChI is InChI=1S/C12H15F2NO2/c1-3-4-7-15(2)9-6-5-8(12(16)17)10(13)11(9)14/h5-6H,3-4,7H2,1-2H3,(H,16,17). The molecule has 5 heteroatoms. The molecule has 0 aliphatic heterocycles. The van der Waals surface area contributed by atoms with Gasteiger partial charge in [0.1, 0.15) is 0 Å². The number of rotatable bonds is 5. The monoisotopic (exact) mass is 243 g/mol. The highest BCUT2D eigenvalue weighted by Gasteiger charge is 2.19. The minimum absolute atomic E-state index is 0.0842. The molecule has 17 heavy (non-hydrogen) atoms. The highest BCUT2D eigenvalue weighted by atomic mass is 19.2. The minimum atomic E-state index is -1.47. The summed E-state index contributed by atoms with van der Waals surface area (Å²) in [6, 6.07) is 2.37. The van der Waals surface area contributed by atoms with E-state index in [9.17, 15) is 13.6 Å². The van der Waals surface area contributed by atoms with Gasteiger partial charge in [-0.3, -0.25) is 0 Å². The summed E-state index contributed by atoms with van der Waals surface area (Å²) in [5.74, 6) is -3.88. The molecule has 1 aromatic rings. The maximum atomic E-state index is 13.6. The van der Waals surface area contributed by atoms with Crippen molar-refractivity contribution < 1.29 is 18.7 Å². The van der Waals surface area contributed by atoms with Gasteiger partial charge >= 0.3 is 5.97 Å². The molecular weight excluding hydrogens is 228 g/mol. The number of halogens is 2. The van der Waals surface area contributed by atoms with Crippen molar-refractivity contribution >= 4 is 11.7 Å². The van der Waals surface area contributed by atoms with Crippen molar-refractivity contribution in [3.63, 3.8) is 0 Å². The van der Waals surface area contributed by atoms with E-state index in [1.165, 1.54) is 6.07 Å². The average Bonchev–Trinajstić information content (AvgIpc) is 2.29. The van der Waals surface area contributed by atoms with E-state index >= 15 is 0 Å². The van der Waals surface area contributed by atoms with Gasteiger partial charge < -0.3 is 10.0 Å². The number of carboxylic acids is 1. The summed E-state index contributed by atoms with van der Waals surface area (Å²) in [6.07, 6.45) is 1.81. The van der Waals surface area contributed by atoms with Crippen LogP contribution in [0, 0.1) is 11.6 Å². The normalized spacial score (nSPS) is 10.4. The maximum absolute atomic E-state index is 13.6. The number of carboxylic acid groups (broad SMARTS) is 1. The smallest absolute Gasteiger partial charge is 0.338 e. The van der Waals surface area contributed by atoms with E-state index < -0.39 is 23.2 Å². The molecule has 0 aliphatic carbocycles. The van der Waals surface area contributed by atoms with E-state index in [1.54, 1.807) is 11.9 Å². The Labute approximate surface area is 98.7 Å². The van der Waals surface area contributed by atoms with Gasteiger partial charge in [-0.25, -0.2) is 13.6 Å². The van der Waals surface area contributed by atoms with Crippen LogP contribution in [0.15, 0.2) is 12.1 Å². The third kappa shape index (κ3) is 2.93. The first-order valence-electron chi connectivity index (χ1n) is 5.41. The van der Waals surface area contributed by atoms with Crippen LogP contribution in [0.4, 0.5) is 14.5 Å². The van der Waals surface area contributed by atoms with Gasteiger partial charge in [-0.15, -0.1) is 0 Å². The predicted octanol–water partition coefficient (Wildman–Crippen LogP) is 2.90. The van der Waals surface area contributed by atoms with Crippen LogP contribution >= 0.6 is 0 Å². The molecule has 1 rings (SSSR count). The van der Waals surface area contributed by atoms with Crippen LogP contribution in [0.1, 0.15) is 30.1 Å². The molecule has 0 unspecified atom stereocenters. The zero-order valence-corrected chi connectivity index (χ0v) is 9.83. The molecule has 0 saturated heterocycles. The van der Waals surface area contributed by atoms with Gasteiger partial charge in [0, 0.05) is 13.6 Å². The zero-order valence-electron chi connectivity index (χ0n) is 9.83. The van der Waals surface area contributed by atoms with Crippen molar-refractivity contribution in [2.24, 2.45) is 0 Å². The van der Waals surface area contributed by atoms with Gasteiger partial charge in [-0.05, 0) is 18.6 Å². The molecule has 0 bridgehead atoms. The molecule has 94 valence electrons. The Morgan fingerprint density at radius 1 is 1.35 bits per heavy atom. The molecule has 1 N–H and O–H groups in total. The van der Waals surface area contributed by atoms with Crippen molar-refractivity contribution in [1.82, 2.24) is 0 Å². The lowest BCUT2D eigenvalue weighted by Gasteiger charge is -2.20. The molecule has 3 nitrogen and oxygen atoms in total. The van der Waals surface area contributed by atoms with Crippen LogP contribution in [0.3, 0.4) is 0 Å². The fourth-order valence-electron chi connectivity index (χ4n) is 1.51. The lowest BCUT2D eigenvalue weighted by molar-refractivity contribution is 0.0690. The summed E-state index contributed by atoms with van der Waals surface area (Å²) in [4.78, 5) is 12.2. The number of unbranched alkanes of at least 4 members (excludes halogenated alkanes) is 1. The largest absolute Gasteiger partial charge is 0.478 e. The summed E-state index contributed by atoms with van der Waals surface area (Å²) in [5, 5.41) is 8.64. The van der Waals surface area contributed by atoms with Gasteiger partial charge in [0.25, 0.3) is 0 Å². The summed E-state index contributed by atoms with van der Waals surface area (Å²) in [5.41, 5.74) is -0.559. The van der Waals surface area contributed by atoms with Crippen LogP contribution in [-0.2, 0) is 0 Å². The summed E-state index contributed by atoms with van der Waals surface area (Å²) < 4.78 is 27.0. The molecule has 0 aromatic heterocycles. The second-order valence-corrected chi connectivity index (χ2v) is 3.84. The average molecular weight is 243 g/mol. The summed E-state index contributed by atoms with van der Waals surface area (Å²) in [7, 11) is 1.65. The first kappa shape index (κ1) is 13.4. The molecule has 0 aliphatic rings. The SMILES string of the molecule is CCCCN(C)c1ccc(C(=O)O)c(F)c1F. The fourth-order valence-corrected chi connectivity index (χ4v) is 1.51. The molecular formula is C12H15F2NO2. The topological polar surface area (TPSA) is 40.5 Å². The molecule has 0 saturated carbocycles. The lowest BCUT2D eigenvalue weighted by atomic mass is 10.1. The van der Waals surface area contributed by atoms with Crippen LogP contribution in [-0.4, -0.2) is 24.7 Å². The molecule has 0 radical (unpaired) electrons. The third-order valence-corrected chi connectivity index (χ3v) is 2.55. The van der Waals surface area contributed by atoms with Crippen LogP contribution in [0.5, 0.6) is 0 Å². The van der Waals surface area contributed by atoms with Crippen molar-refractivity contribution in [3.05, 3.63) is 29.3 Å². The van der Waals surface area contributed by atoms with E-state index in [-0.39, 0.29) is 5.69 Å². The Morgan fingerprint density at radius 3 is 2.53 bits per heavy atom. The second-order valence-electron chi connectivity index (χ2n) is 3.84.